The van der Waals surface area contributed by atoms with Crippen LogP contribution in [0.3, 0.4) is 0 Å². The van der Waals surface area contributed by atoms with Crippen LogP contribution in [-0.2, 0) is 4.74 Å². The van der Waals surface area contributed by atoms with Gasteiger partial charge in [-0.1, -0.05) is 13.8 Å². The highest BCUT2D eigenvalue weighted by molar-refractivity contribution is 4.80. The Labute approximate surface area is 99.2 Å². The van der Waals surface area contributed by atoms with Crippen molar-refractivity contribution < 1.29 is 4.74 Å². The van der Waals surface area contributed by atoms with E-state index in [1.165, 1.54) is 6.42 Å². The molecule has 1 rings (SSSR count). The van der Waals surface area contributed by atoms with Crippen molar-refractivity contribution in [1.29, 1.82) is 5.26 Å². The van der Waals surface area contributed by atoms with Gasteiger partial charge in [0.1, 0.15) is 0 Å². The molecule has 1 heterocycles. The third kappa shape index (κ3) is 4.51. The van der Waals surface area contributed by atoms with Crippen LogP contribution in [0.2, 0.25) is 0 Å². The maximum atomic E-state index is 8.58. The fraction of sp³-hybridized carbons (Fsp3) is 0.923. The first-order valence-corrected chi connectivity index (χ1v) is 6.24. The number of rotatable bonds is 6. The highest BCUT2D eigenvalue weighted by atomic mass is 16.5. The fourth-order valence-corrected chi connectivity index (χ4v) is 2.12. The summed E-state index contributed by atoms with van der Waals surface area (Å²) >= 11 is 0. The predicted octanol–water partition coefficient (Wildman–Crippen LogP) is 2.33. The van der Waals surface area contributed by atoms with Crippen LogP contribution in [0.25, 0.3) is 0 Å². The molecule has 1 N–H and O–H groups in total. The van der Waals surface area contributed by atoms with Crippen molar-refractivity contribution in [2.45, 2.75) is 46.1 Å². The van der Waals surface area contributed by atoms with Gasteiger partial charge in [-0.15, -0.1) is 0 Å². The minimum atomic E-state index is 0.221. The maximum Gasteiger partial charge on any atom is 0.0621 e. The Hall–Kier alpha value is -0.590. The van der Waals surface area contributed by atoms with Crippen molar-refractivity contribution in [3.8, 4) is 6.07 Å². The van der Waals surface area contributed by atoms with Crippen molar-refractivity contribution in [3.05, 3.63) is 0 Å². The molecule has 0 bridgehead atoms. The molecule has 0 aromatic heterocycles. The van der Waals surface area contributed by atoms with Crippen LogP contribution in [0.1, 0.15) is 40.0 Å². The minimum Gasteiger partial charge on any atom is -0.378 e. The Morgan fingerprint density at radius 3 is 2.81 bits per heavy atom. The summed E-state index contributed by atoms with van der Waals surface area (Å²) in [6.45, 7) is 9.51. The van der Waals surface area contributed by atoms with Crippen molar-refractivity contribution in [2.75, 3.05) is 19.7 Å². The molecule has 2 unspecified atom stereocenters. The van der Waals surface area contributed by atoms with E-state index in [1.54, 1.807) is 0 Å². The molecule has 1 saturated heterocycles. The van der Waals surface area contributed by atoms with Gasteiger partial charge < -0.3 is 10.1 Å². The van der Waals surface area contributed by atoms with Gasteiger partial charge in [-0.3, -0.25) is 0 Å². The average Bonchev–Trinajstić information content (AvgIpc) is 2.62. The summed E-state index contributed by atoms with van der Waals surface area (Å²) in [5, 5.41) is 12.1. The molecule has 3 nitrogen and oxygen atoms in total. The van der Waals surface area contributed by atoms with Gasteiger partial charge in [0.05, 0.1) is 12.2 Å². The van der Waals surface area contributed by atoms with E-state index in [0.717, 1.165) is 26.1 Å². The largest absolute Gasteiger partial charge is 0.378 e. The van der Waals surface area contributed by atoms with Crippen LogP contribution >= 0.6 is 0 Å². The van der Waals surface area contributed by atoms with Gasteiger partial charge in [-0.2, -0.15) is 5.26 Å². The normalized spacial score (nSPS) is 25.6. The average molecular weight is 224 g/mol. The summed E-state index contributed by atoms with van der Waals surface area (Å²) in [4.78, 5) is 0. The quantitative estimate of drug-likeness (QED) is 0.753. The van der Waals surface area contributed by atoms with Gasteiger partial charge in [-0.05, 0) is 31.1 Å². The van der Waals surface area contributed by atoms with E-state index >= 15 is 0 Å². The Kier molecular flexibility index (Phi) is 5.24. The summed E-state index contributed by atoms with van der Waals surface area (Å²) in [5.41, 5.74) is 0.221. The van der Waals surface area contributed by atoms with Crippen LogP contribution < -0.4 is 5.32 Å². The molecule has 1 fully saturated rings. The molecule has 0 saturated carbocycles. The lowest BCUT2D eigenvalue weighted by molar-refractivity contribution is 0.105. The molecule has 2 atom stereocenters. The van der Waals surface area contributed by atoms with Crippen LogP contribution in [-0.4, -0.2) is 25.8 Å². The Bertz CT molecular complexity index is 245. The van der Waals surface area contributed by atoms with E-state index in [9.17, 15) is 0 Å². The minimum absolute atomic E-state index is 0.221. The lowest BCUT2D eigenvalue weighted by Crippen LogP contribution is -2.34. The fourth-order valence-electron chi connectivity index (χ4n) is 2.12. The van der Waals surface area contributed by atoms with Gasteiger partial charge in [0.2, 0.25) is 0 Å². The zero-order chi connectivity index (χ0) is 12.0. The first kappa shape index (κ1) is 13.5. The zero-order valence-electron chi connectivity index (χ0n) is 10.8. The molecule has 1 aliphatic rings. The second-order valence-corrected chi connectivity index (χ2v) is 5.58. The first-order chi connectivity index (χ1) is 7.55. The first-order valence-electron chi connectivity index (χ1n) is 6.24. The predicted molar refractivity (Wildman–Crippen MR) is 65.0 cm³/mol. The lowest BCUT2D eigenvalue weighted by atomic mass is 9.88. The molecule has 0 aromatic carbocycles. The van der Waals surface area contributed by atoms with Gasteiger partial charge in [0.25, 0.3) is 0 Å². The Balaban J connectivity index is 2.16. The summed E-state index contributed by atoms with van der Waals surface area (Å²) in [6.07, 6.45) is 3.19. The summed E-state index contributed by atoms with van der Waals surface area (Å²) in [5.74, 6) is 0.659. The number of hydrogen-bond donors (Lipinski definition) is 1. The SMILES string of the molecule is CC1OCCC1CNCC(C)(C)CCC#N. The standard InChI is InChI=1S/C13H24N2O/c1-11-12(5-8-16-11)9-15-10-13(2,3)6-4-7-14/h11-12,15H,4-6,8-10H2,1-3H3. The maximum absolute atomic E-state index is 8.58. The molecule has 0 amide bonds. The number of ether oxygens (including phenoxy) is 1. The topological polar surface area (TPSA) is 45.0 Å². The number of hydrogen-bond acceptors (Lipinski definition) is 3. The molecular formula is C13H24N2O. The molecule has 1 aliphatic heterocycles. The Morgan fingerprint density at radius 1 is 1.50 bits per heavy atom. The number of nitrogens with zero attached hydrogens (tertiary/aromatic N) is 1. The van der Waals surface area contributed by atoms with E-state index in [-0.39, 0.29) is 5.41 Å². The van der Waals surface area contributed by atoms with E-state index in [2.05, 4.69) is 32.2 Å². The highest BCUT2D eigenvalue weighted by Gasteiger charge is 2.24. The van der Waals surface area contributed by atoms with Crippen LogP contribution in [0.15, 0.2) is 0 Å². The Morgan fingerprint density at radius 2 is 2.25 bits per heavy atom. The highest BCUT2D eigenvalue weighted by Crippen LogP contribution is 2.22. The molecular weight excluding hydrogens is 200 g/mol. The van der Waals surface area contributed by atoms with E-state index in [4.69, 9.17) is 10.00 Å². The van der Waals surface area contributed by atoms with Crippen LogP contribution in [0.4, 0.5) is 0 Å². The van der Waals surface area contributed by atoms with Gasteiger partial charge in [0.15, 0.2) is 0 Å². The monoisotopic (exact) mass is 224 g/mol. The molecule has 3 heteroatoms. The summed E-state index contributed by atoms with van der Waals surface area (Å²) < 4.78 is 5.53. The van der Waals surface area contributed by atoms with E-state index < -0.39 is 0 Å². The van der Waals surface area contributed by atoms with Crippen LogP contribution in [0.5, 0.6) is 0 Å². The smallest absolute Gasteiger partial charge is 0.0621 e. The zero-order valence-corrected chi connectivity index (χ0v) is 10.8. The summed E-state index contributed by atoms with van der Waals surface area (Å²) in [7, 11) is 0. The van der Waals surface area contributed by atoms with Crippen LogP contribution in [0, 0.1) is 22.7 Å². The van der Waals surface area contributed by atoms with Crippen molar-refractivity contribution >= 4 is 0 Å². The second-order valence-electron chi connectivity index (χ2n) is 5.58. The van der Waals surface area contributed by atoms with Crippen molar-refractivity contribution in [3.63, 3.8) is 0 Å². The van der Waals surface area contributed by atoms with Gasteiger partial charge in [-0.25, -0.2) is 0 Å². The molecule has 92 valence electrons. The van der Waals surface area contributed by atoms with E-state index in [1.807, 2.05) is 0 Å². The van der Waals surface area contributed by atoms with Crippen molar-refractivity contribution in [2.24, 2.45) is 11.3 Å². The molecule has 0 spiro atoms. The molecule has 0 aromatic rings. The molecule has 0 radical (unpaired) electrons. The number of nitrogens with one attached hydrogen (secondary N) is 1. The third-order valence-electron chi connectivity index (χ3n) is 3.46. The summed E-state index contributed by atoms with van der Waals surface area (Å²) in [6, 6.07) is 2.21. The second kappa shape index (κ2) is 6.22. The van der Waals surface area contributed by atoms with Crippen molar-refractivity contribution in [1.82, 2.24) is 5.32 Å². The molecule has 0 aliphatic carbocycles. The lowest BCUT2D eigenvalue weighted by Gasteiger charge is -2.25. The van der Waals surface area contributed by atoms with Gasteiger partial charge in [0, 0.05) is 26.1 Å². The number of nitriles is 1. The molecule has 16 heavy (non-hydrogen) atoms. The third-order valence-corrected chi connectivity index (χ3v) is 3.46. The van der Waals surface area contributed by atoms with E-state index in [0.29, 0.717) is 18.4 Å². The van der Waals surface area contributed by atoms with Gasteiger partial charge >= 0.3 is 0 Å².